The van der Waals surface area contributed by atoms with E-state index < -0.39 is 28.5 Å². The first-order valence-corrected chi connectivity index (χ1v) is 15.5. The number of benzene rings is 3. The molecule has 0 aliphatic heterocycles. The number of nitrogens with one attached hydrogen (secondary N) is 1. The maximum atomic E-state index is 14.1. The Morgan fingerprint density at radius 3 is 2.17 bits per heavy atom. The third kappa shape index (κ3) is 8.47. The van der Waals surface area contributed by atoms with Crippen LogP contribution in [-0.4, -0.2) is 56.9 Å². The predicted octanol–water partition coefficient (Wildman–Crippen LogP) is 5.31. The first kappa shape index (κ1) is 32.0. The molecule has 0 aromatic heterocycles. The molecule has 0 fully saturated rings. The molecule has 2 amide bonds. The summed E-state index contributed by atoms with van der Waals surface area (Å²) in [6, 6.07) is 21.2. The summed E-state index contributed by atoms with van der Waals surface area (Å²) in [5.74, 6) is -0.470. The summed E-state index contributed by atoms with van der Waals surface area (Å²) in [7, 11) is -4.23. The zero-order valence-electron chi connectivity index (χ0n) is 23.9. The number of rotatable bonds is 14. The molecule has 0 aliphatic carbocycles. The van der Waals surface area contributed by atoms with Gasteiger partial charge in [0.25, 0.3) is 10.0 Å². The number of carbonyl (C=O) groups is 2. The Morgan fingerprint density at radius 1 is 0.927 bits per heavy atom. The molecule has 0 saturated heterocycles. The van der Waals surface area contributed by atoms with Crippen LogP contribution in [0.5, 0.6) is 5.75 Å². The number of ether oxygens (including phenoxy) is 1. The van der Waals surface area contributed by atoms with Crippen LogP contribution in [0.4, 0.5) is 5.69 Å². The lowest BCUT2D eigenvalue weighted by Crippen LogP contribution is -2.54. The van der Waals surface area contributed by atoms with E-state index >= 15 is 0 Å². The topological polar surface area (TPSA) is 96.0 Å². The smallest absolute Gasteiger partial charge is 0.264 e. The van der Waals surface area contributed by atoms with Gasteiger partial charge >= 0.3 is 0 Å². The van der Waals surface area contributed by atoms with Gasteiger partial charge in [-0.1, -0.05) is 61.0 Å². The lowest BCUT2D eigenvalue weighted by molar-refractivity contribution is -0.139. The molecule has 41 heavy (non-hydrogen) atoms. The van der Waals surface area contributed by atoms with Gasteiger partial charge in [0.15, 0.2) is 0 Å². The Morgan fingerprint density at radius 2 is 1.56 bits per heavy atom. The molecule has 1 N–H and O–H groups in total. The summed E-state index contributed by atoms with van der Waals surface area (Å²) in [5.41, 5.74) is 1.22. The number of sulfonamides is 1. The van der Waals surface area contributed by atoms with E-state index in [9.17, 15) is 18.0 Å². The van der Waals surface area contributed by atoms with E-state index in [0.717, 1.165) is 9.87 Å². The molecule has 3 aromatic carbocycles. The number of carbonyl (C=O) groups excluding carboxylic acids is 2. The van der Waals surface area contributed by atoms with Crippen LogP contribution in [0.25, 0.3) is 0 Å². The largest absolute Gasteiger partial charge is 0.492 e. The third-order valence-electron chi connectivity index (χ3n) is 6.42. The molecular weight excluding hydrogens is 562 g/mol. The molecule has 10 heteroatoms. The van der Waals surface area contributed by atoms with E-state index in [0.29, 0.717) is 30.2 Å². The number of hydrogen-bond acceptors (Lipinski definition) is 5. The monoisotopic (exact) mass is 599 g/mol. The SMILES string of the molecule is CCOc1ccccc1N(CC(=O)N(CCc1ccccc1)C(CC)C(=O)NC(C)C)S(=O)(=O)c1ccc(Cl)cc1. The van der Waals surface area contributed by atoms with Crippen LogP contribution in [0.3, 0.4) is 0 Å². The molecule has 0 radical (unpaired) electrons. The van der Waals surface area contributed by atoms with Crippen LogP contribution in [0.1, 0.15) is 39.7 Å². The predicted molar refractivity (Wildman–Crippen MR) is 163 cm³/mol. The van der Waals surface area contributed by atoms with Crippen LogP contribution in [0.15, 0.2) is 83.8 Å². The van der Waals surface area contributed by atoms with E-state index in [4.69, 9.17) is 16.3 Å². The fraction of sp³-hybridized carbons (Fsp3) is 0.355. The first-order chi connectivity index (χ1) is 19.6. The fourth-order valence-electron chi connectivity index (χ4n) is 4.46. The number of anilines is 1. The molecule has 0 heterocycles. The maximum Gasteiger partial charge on any atom is 0.264 e. The minimum Gasteiger partial charge on any atom is -0.492 e. The fourth-order valence-corrected chi connectivity index (χ4v) is 6.02. The molecule has 0 saturated carbocycles. The van der Waals surface area contributed by atoms with Crippen LogP contribution >= 0.6 is 11.6 Å². The van der Waals surface area contributed by atoms with Gasteiger partial charge < -0.3 is 15.0 Å². The van der Waals surface area contributed by atoms with E-state index in [1.165, 1.54) is 29.2 Å². The summed E-state index contributed by atoms with van der Waals surface area (Å²) < 4.78 is 34.9. The van der Waals surface area contributed by atoms with E-state index in [-0.39, 0.29) is 29.1 Å². The van der Waals surface area contributed by atoms with Gasteiger partial charge in [-0.05, 0) is 75.6 Å². The molecule has 3 aromatic rings. The number of nitrogens with zero attached hydrogens (tertiary/aromatic N) is 2. The van der Waals surface area contributed by atoms with Gasteiger partial charge in [0, 0.05) is 17.6 Å². The molecule has 1 unspecified atom stereocenters. The van der Waals surface area contributed by atoms with Crippen LogP contribution in [0.2, 0.25) is 5.02 Å². The van der Waals surface area contributed by atoms with Crippen molar-refractivity contribution in [2.24, 2.45) is 0 Å². The van der Waals surface area contributed by atoms with Gasteiger partial charge in [-0.25, -0.2) is 8.42 Å². The Labute approximate surface area is 248 Å². The van der Waals surface area contributed by atoms with Gasteiger partial charge in [0.2, 0.25) is 11.8 Å². The zero-order chi connectivity index (χ0) is 30.0. The van der Waals surface area contributed by atoms with Gasteiger partial charge in [0.1, 0.15) is 18.3 Å². The van der Waals surface area contributed by atoms with Crippen molar-refractivity contribution in [1.29, 1.82) is 0 Å². The summed E-state index contributed by atoms with van der Waals surface area (Å²) in [5, 5.41) is 3.29. The molecule has 0 spiro atoms. The van der Waals surface area contributed by atoms with Crippen molar-refractivity contribution < 1.29 is 22.7 Å². The molecular formula is C31H38ClN3O5S. The minimum absolute atomic E-state index is 0.0265. The Bertz CT molecular complexity index is 1400. The highest BCUT2D eigenvalue weighted by molar-refractivity contribution is 7.92. The van der Waals surface area contributed by atoms with Crippen molar-refractivity contribution in [2.45, 2.75) is 57.5 Å². The van der Waals surface area contributed by atoms with Crippen molar-refractivity contribution >= 4 is 39.1 Å². The van der Waals surface area contributed by atoms with Crippen molar-refractivity contribution in [3.05, 3.63) is 89.4 Å². The van der Waals surface area contributed by atoms with Gasteiger partial charge in [0.05, 0.1) is 17.2 Å². The molecule has 220 valence electrons. The van der Waals surface area contributed by atoms with Gasteiger partial charge in [-0.2, -0.15) is 0 Å². The highest BCUT2D eigenvalue weighted by Crippen LogP contribution is 2.33. The van der Waals surface area contributed by atoms with Crippen LogP contribution in [0, 0.1) is 0 Å². The van der Waals surface area contributed by atoms with Crippen LogP contribution < -0.4 is 14.4 Å². The van der Waals surface area contributed by atoms with Crippen molar-refractivity contribution in [2.75, 3.05) is 24.0 Å². The molecule has 0 bridgehead atoms. The first-order valence-electron chi connectivity index (χ1n) is 13.7. The normalized spacial score (nSPS) is 12.0. The summed E-state index contributed by atoms with van der Waals surface area (Å²) in [6.45, 7) is 7.34. The second kappa shape index (κ2) is 14.9. The Kier molecular flexibility index (Phi) is 11.6. The second-order valence-corrected chi connectivity index (χ2v) is 12.1. The summed E-state index contributed by atoms with van der Waals surface area (Å²) in [4.78, 5) is 28.8. The lowest BCUT2D eigenvalue weighted by Gasteiger charge is -2.34. The highest BCUT2D eigenvalue weighted by Gasteiger charge is 2.34. The van der Waals surface area contributed by atoms with Crippen LogP contribution in [-0.2, 0) is 26.0 Å². The minimum atomic E-state index is -4.23. The second-order valence-electron chi connectivity index (χ2n) is 9.78. The van der Waals surface area contributed by atoms with E-state index in [2.05, 4.69) is 5.32 Å². The maximum absolute atomic E-state index is 14.1. The summed E-state index contributed by atoms with van der Waals surface area (Å²) >= 11 is 6.03. The molecule has 8 nitrogen and oxygen atoms in total. The van der Waals surface area contributed by atoms with Crippen molar-refractivity contribution in [3.63, 3.8) is 0 Å². The highest BCUT2D eigenvalue weighted by atomic mass is 35.5. The van der Waals surface area contributed by atoms with E-state index in [1.54, 1.807) is 31.2 Å². The number of hydrogen-bond donors (Lipinski definition) is 1. The van der Waals surface area contributed by atoms with Crippen molar-refractivity contribution in [3.8, 4) is 5.75 Å². The zero-order valence-corrected chi connectivity index (χ0v) is 25.5. The summed E-state index contributed by atoms with van der Waals surface area (Å²) in [6.07, 6.45) is 0.857. The van der Waals surface area contributed by atoms with Crippen molar-refractivity contribution in [1.82, 2.24) is 10.2 Å². The Hall–Kier alpha value is -3.56. The molecule has 3 rings (SSSR count). The van der Waals surface area contributed by atoms with Gasteiger partial charge in [-0.15, -0.1) is 0 Å². The van der Waals surface area contributed by atoms with E-state index in [1.807, 2.05) is 51.1 Å². The molecule has 0 aliphatic rings. The molecule has 1 atom stereocenters. The average molecular weight is 600 g/mol. The van der Waals surface area contributed by atoms with Gasteiger partial charge in [-0.3, -0.25) is 13.9 Å². The Balaban J connectivity index is 2.06. The number of para-hydroxylation sites is 2. The standard InChI is InChI=1S/C31H38ClN3O5S/c1-5-27(31(37)33-23(3)4)34(21-20-24-12-8-7-9-13-24)30(36)22-35(28-14-10-11-15-29(28)40-6-2)41(38,39)26-18-16-25(32)17-19-26/h7-19,23,27H,5-6,20-22H2,1-4H3,(H,33,37). The number of halogens is 1. The lowest BCUT2D eigenvalue weighted by atomic mass is 10.1. The quantitative estimate of drug-likeness (QED) is 0.271. The number of amides is 2. The average Bonchev–Trinajstić information content (AvgIpc) is 2.94. The third-order valence-corrected chi connectivity index (χ3v) is 8.44.